The number of carbonyl (C=O) groups excluding carboxylic acids is 1. The molecule has 0 bridgehead atoms. The summed E-state index contributed by atoms with van der Waals surface area (Å²) in [5.74, 6) is -0.867. The summed E-state index contributed by atoms with van der Waals surface area (Å²) in [6.07, 6.45) is 3.23. The van der Waals surface area contributed by atoms with E-state index in [1.54, 1.807) is 18.6 Å². The van der Waals surface area contributed by atoms with E-state index >= 15 is 0 Å². The van der Waals surface area contributed by atoms with E-state index < -0.39 is 11.9 Å². The maximum absolute atomic E-state index is 12.1. The quantitative estimate of drug-likeness (QED) is 0.887. The van der Waals surface area contributed by atoms with Gasteiger partial charge in [0.05, 0.1) is 17.9 Å². The Labute approximate surface area is 115 Å². The van der Waals surface area contributed by atoms with Crippen molar-refractivity contribution in [3.63, 3.8) is 0 Å². The number of carbonyl (C=O) groups is 2. The average molecular weight is 283 g/mol. The van der Waals surface area contributed by atoms with Gasteiger partial charge < -0.3 is 15.2 Å². The molecule has 1 heterocycles. The van der Waals surface area contributed by atoms with E-state index in [1.807, 2.05) is 0 Å². The lowest BCUT2D eigenvalue weighted by Gasteiger charge is -2.29. The molecule has 2 rings (SSSR count). The Morgan fingerprint density at radius 1 is 1.42 bits per heavy atom. The third-order valence-electron chi connectivity index (χ3n) is 3.43. The van der Waals surface area contributed by atoms with Gasteiger partial charge in [-0.15, -0.1) is 11.3 Å². The Kier molecular flexibility index (Phi) is 4.42. The van der Waals surface area contributed by atoms with Gasteiger partial charge in [-0.1, -0.05) is 12.8 Å². The molecule has 1 aromatic rings. The SMILES string of the molecule is COc1csc(C(=O)NC2CCCCC2C(=O)O)c1. The minimum atomic E-state index is -0.825. The summed E-state index contributed by atoms with van der Waals surface area (Å²) in [5.41, 5.74) is 0. The second-order valence-corrected chi connectivity index (χ2v) is 5.57. The average Bonchev–Trinajstić information content (AvgIpc) is 2.88. The highest BCUT2D eigenvalue weighted by atomic mass is 32.1. The first kappa shape index (κ1) is 13.9. The third-order valence-corrected chi connectivity index (χ3v) is 4.34. The van der Waals surface area contributed by atoms with E-state index in [9.17, 15) is 9.59 Å². The molecule has 2 unspecified atom stereocenters. The first-order valence-electron chi connectivity index (χ1n) is 6.28. The molecule has 19 heavy (non-hydrogen) atoms. The molecule has 1 fully saturated rings. The fourth-order valence-corrected chi connectivity index (χ4v) is 3.14. The number of thiophene rings is 1. The zero-order valence-corrected chi connectivity index (χ0v) is 11.5. The minimum Gasteiger partial charge on any atom is -0.496 e. The maximum atomic E-state index is 12.1. The summed E-state index contributed by atoms with van der Waals surface area (Å²) in [6, 6.07) is 1.39. The number of nitrogens with one attached hydrogen (secondary N) is 1. The van der Waals surface area contributed by atoms with Crippen LogP contribution in [0.3, 0.4) is 0 Å². The molecule has 0 saturated heterocycles. The first-order valence-corrected chi connectivity index (χ1v) is 7.16. The van der Waals surface area contributed by atoms with Gasteiger partial charge in [0.15, 0.2) is 0 Å². The van der Waals surface area contributed by atoms with Crippen molar-refractivity contribution in [1.82, 2.24) is 5.32 Å². The fraction of sp³-hybridized carbons (Fsp3) is 0.538. The van der Waals surface area contributed by atoms with Crippen molar-refractivity contribution < 1.29 is 19.4 Å². The summed E-state index contributed by atoms with van der Waals surface area (Å²) >= 11 is 1.30. The predicted molar refractivity (Wildman–Crippen MR) is 71.7 cm³/mol. The van der Waals surface area contributed by atoms with Gasteiger partial charge in [0.1, 0.15) is 5.75 Å². The normalized spacial score (nSPS) is 22.8. The van der Waals surface area contributed by atoms with Crippen molar-refractivity contribution in [2.45, 2.75) is 31.7 Å². The number of rotatable bonds is 4. The zero-order chi connectivity index (χ0) is 13.8. The second kappa shape index (κ2) is 6.06. The van der Waals surface area contributed by atoms with Crippen LogP contribution in [0.5, 0.6) is 5.75 Å². The summed E-state index contributed by atoms with van der Waals surface area (Å²) < 4.78 is 5.03. The van der Waals surface area contributed by atoms with E-state index in [2.05, 4.69) is 5.32 Å². The maximum Gasteiger partial charge on any atom is 0.308 e. The molecule has 1 aliphatic rings. The lowest BCUT2D eigenvalue weighted by molar-refractivity contribution is -0.143. The lowest BCUT2D eigenvalue weighted by Crippen LogP contribution is -2.44. The largest absolute Gasteiger partial charge is 0.496 e. The van der Waals surface area contributed by atoms with Crippen molar-refractivity contribution in [2.75, 3.05) is 7.11 Å². The van der Waals surface area contributed by atoms with Crippen LogP contribution >= 0.6 is 11.3 Å². The monoisotopic (exact) mass is 283 g/mol. The molecule has 1 amide bonds. The lowest BCUT2D eigenvalue weighted by atomic mass is 9.84. The fourth-order valence-electron chi connectivity index (χ4n) is 2.38. The topological polar surface area (TPSA) is 75.6 Å². The van der Waals surface area contributed by atoms with E-state index in [1.165, 1.54) is 11.3 Å². The molecule has 6 heteroatoms. The number of carboxylic acids is 1. The van der Waals surface area contributed by atoms with Crippen molar-refractivity contribution >= 4 is 23.2 Å². The molecule has 5 nitrogen and oxygen atoms in total. The van der Waals surface area contributed by atoms with Crippen molar-refractivity contribution in [3.8, 4) is 5.75 Å². The smallest absolute Gasteiger partial charge is 0.308 e. The zero-order valence-electron chi connectivity index (χ0n) is 10.7. The van der Waals surface area contributed by atoms with Crippen LogP contribution in [0, 0.1) is 5.92 Å². The van der Waals surface area contributed by atoms with Crippen LogP contribution in [0.1, 0.15) is 35.4 Å². The molecule has 2 N–H and O–H groups in total. The summed E-state index contributed by atoms with van der Waals surface area (Å²) in [4.78, 5) is 23.8. The second-order valence-electron chi connectivity index (χ2n) is 4.66. The van der Waals surface area contributed by atoms with Gasteiger partial charge in [-0.2, -0.15) is 0 Å². The van der Waals surface area contributed by atoms with Crippen LogP contribution in [-0.4, -0.2) is 30.1 Å². The highest BCUT2D eigenvalue weighted by Crippen LogP contribution is 2.26. The third kappa shape index (κ3) is 3.26. The summed E-state index contributed by atoms with van der Waals surface area (Å²) in [5, 5.41) is 13.8. The standard InChI is InChI=1S/C13H17NO4S/c1-18-8-6-11(19-7-8)12(15)14-10-5-3-2-4-9(10)13(16)17/h6-7,9-10H,2-5H2,1H3,(H,14,15)(H,16,17). The van der Waals surface area contributed by atoms with E-state index in [0.717, 1.165) is 19.3 Å². The van der Waals surface area contributed by atoms with E-state index in [0.29, 0.717) is 17.0 Å². The molecule has 0 radical (unpaired) electrons. The predicted octanol–water partition coefficient (Wildman–Crippen LogP) is 2.13. The Balaban J connectivity index is 2.02. The van der Waals surface area contributed by atoms with Crippen LogP contribution < -0.4 is 10.1 Å². The number of hydrogen-bond acceptors (Lipinski definition) is 4. The number of hydrogen-bond donors (Lipinski definition) is 2. The van der Waals surface area contributed by atoms with Crippen molar-refractivity contribution in [3.05, 3.63) is 16.3 Å². The number of methoxy groups -OCH3 is 1. The van der Waals surface area contributed by atoms with E-state index in [-0.39, 0.29) is 11.9 Å². The van der Waals surface area contributed by atoms with Crippen LogP contribution in [0.25, 0.3) is 0 Å². The number of carboxylic acid groups (broad SMARTS) is 1. The number of aliphatic carboxylic acids is 1. The number of ether oxygens (including phenoxy) is 1. The number of amides is 1. The van der Waals surface area contributed by atoms with Gasteiger partial charge in [0.2, 0.25) is 0 Å². The van der Waals surface area contributed by atoms with Crippen molar-refractivity contribution in [1.29, 1.82) is 0 Å². The van der Waals surface area contributed by atoms with Gasteiger partial charge >= 0.3 is 5.97 Å². The highest BCUT2D eigenvalue weighted by molar-refractivity contribution is 7.12. The molecule has 1 aromatic heterocycles. The van der Waals surface area contributed by atoms with Gasteiger partial charge in [0, 0.05) is 17.5 Å². The molecular weight excluding hydrogens is 266 g/mol. The van der Waals surface area contributed by atoms with Crippen molar-refractivity contribution in [2.24, 2.45) is 5.92 Å². The molecule has 1 saturated carbocycles. The van der Waals surface area contributed by atoms with Gasteiger partial charge in [-0.25, -0.2) is 0 Å². The highest BCUT2D eigenvalue weighted by Gasteiger charge is 2.32. The summed E-state index contributed by atoms with van der Waals surface area (Å²) in [7, 11) is 1.55. The van der Waals surface area contributed by atoms with Gasteiger partial charge in [-0.05, 0) is 12.8 Å². The Morgan fingerprint density at radius 3 is 2.79 bits per heavy atom. The molecule has 104 valence electrons. The van der Waals surface area contributed by atoms with Crippen LogP contribution in [0.4, 0.5) is 0 Å². The van der Waals surface area contributed by atoms with Crippen LogP contribution in [0.2, 0.25) is 0 Å². The molecule has 0 aliphatic heterocycles. The molecular formula is C13H17NO4S. The Bertz CT molecular complexity index is 471. The first-order chi connectivity index (χ1) is 9.11. The minimum absolute atomic E-state index is 0.216. The van der Waals surface area contributed by atoms with Crippen LogP contribution in [-0.2, 0) is 4.79 Å². The van der Waals surface area contributed by atoms with Crippen LogP contribution in [0.15, 0.2) is 11.4 Å². The van der Waals surface area contributed by atoms with E-state index in [4.69, 9.17) is 9.84 Å². The Morgan fingerprint density at radius 2 is 2.16 bits per heavy atom. The molecule has 2 atom stereocenters. The summed E-state index contributed by atoms with van der Waals surface area (Å²) in [6.45, 7) is 0. The Hall–Kier alpha value is -1.56. The molecule has 0 aromatic carbocycles. The molecule has 1 aliphatic carbocycles. The van der Waals surface area contributed by atoms with Gasteiger partial charge in [0.25, 0.3) is 5.91 Å². The van der Waals surface area contributed by atoms with Gasteiger partial charge in [-0.3, -0.25) is 9.59 Å². The molecule has 0 spiro atoms.